The van der Waals surface area contributed by atoms with Gasteiger partial charge in [0.15, 0.2) is 0 Å². The number of benzene rings is 3. The van der Waals surface area contributed by atoms with Crippen LogP contribution in [0.5, 0.6) is 5.75 Å². The number of rotatable bonds is 7. The first kappa shape index (κ1) is 20.4. The molecule has 0 atom stereocenters. The summed E-state index contributed by atoms with van der Waals surface area (Å²) >= 11 is 0. The van der Waals surface area contributed by atoms with Gasteiger partial charge in [-0.1, -0.05) is 36.4 Å². The van der Waals surface area contributed by atoms with Gasteiger partial charge in [-0.15, -0.1) is 0 Å². The molecule has 0 heterocycles. The molecule has 0 fully saturated rings. The van der Waals surface area contributed by atoms with E-state index in [2.05, 4.69) is 5.32 Å². The smallest absolute Gasteiger partial charge is 0.339 e. The lowest BCUT2D eigenvalue weighted by molar-refractivity contribution is 0.0693. The topological polar surface area (TPSA) is 78.9 Å². The lowest BCUT2D eigenvalue weighted by atomic mass is 9.94. The van der Waals surface area contributed by atoms with Gasteiger partial charge in [-0.25, -0.2) is 4.79 Å². The van der Waals surface area contributed by atoms with Crippen LogP contribution in [0.4, 0.5) is 0 Å². The number of nitrogens with zero attached hydrogens (tertiary/aromatic N) is 1. The number of carboxylic acid groups (broad SMARTS) is 1. The standard InChI is InChI=1S/C23H24N2O4/c1-25(2)13-12-24-22(26)19-9-5-7-17-16(6-4-8-18(17)19)15-10-11-21(29-3)20(14-15)23(27)28/h4-11,14H,12-13H2,1-3H3,(H,24,26)(H,27,28). The minimum atomic E-state index is -1.05. The summed E-state index contributed by atoms with van der Waals surface area (Å²) in [6.45, 7) is 1.31. The normalized spacial score (nSPS) is 10.9. The van der Waals surface area contributed by atoms with E-state index in [4.69, 9.17) is 4.74 Å². The molecule has 0 radical (unpaired) electrons. The Kier molecular flexibility index (Phi) is 6.14. The van der Waals surface area contributed by atoms with Crippen molar-refractivity contribution >= 4 is 22.6 Å². The molecule has 0 bridgehead atoms. The molecule has 0 aliphatic carbocycles. The molecule has 3 aromatic rings. The molecule has 0 spiro atoms. The number of methoxy groups -OCH3 is 1. The molecule has 0 aliphatic heterocycles. The van der Waals surface area contributed by atoms with Crippen molar-refractivity contribution in [3.8, 4) is 16.9 Å². The number of carbonyl (C=O) groups excluding carboxylic acids is 1. The third-order valence-electron chi connectivity index (χ3n) is 4.75. The number of likely N-dealkylation sites (N-methyl/N-ethyl adjacent to an activating group) is 1. The molecule has 0 saturated heterocycles. The number of aromatic carboxylic acids is 1. The molecule has 0 aliphatic rings. The fraction of sp³-hybridized carbons (Fsp3) is 0.217. The molecule has 0 saturated carbocycles. The Hall–Kier alpha value is -3.38. The second-order valence-electron chi connectivity index (χ2n) is 6.99. The number of hydrogen-bond donors (Lipinski definition) is 2. The van der Waals surface area contributed by atoms with E-state index in [1.807, 2.05) is 55.4 Å². The molecule has 3 rings (SSSR count). The largest absolute Gasteiger partial charge is 0.496 e. The number of nitrogens with one attached hydrogen (secondary N) is 1. The zero-order chi connectivity index (χ0) is 21.0. The fourth-order valence-electron chi connectivity index (χ4n) is 3.29. The maximum atomic E-state index is 12.7. The highest BCUT2D eigenvalue weighted by molar-refractivity contribution is 6.10. The summed E-state index contributed by atoms with van der Waals surface area (Å²) in [6.07, 6.45) is 0. The molecule has 29 heavy (non-hydrogen) atoms. The number of carbonyl (C=O) groups is 2. The van der Waals surface area contributed by atoms with Gasteiger partial charge in [0.05, 0.1) is 7.11 Å². The van der Waals surface area contributed by atoms with Gasteiger partial charge < -0.3 is 20.1 Å². The van der Waals surface area contributed by atoms with Crippen LogP contribution in [-0.4, -0.2) is 56.2 Å². The van der Waals surface area contributed by atoms with Crippen LogP contribution in [0.15, 0.2) is 54.6 Å². The van der Waals surface area contributed by atoms with Crippen molar-refractivity contribution in [1.82, 2.24) is 10.2 Å². The van der Waals surface area contributed by atoms with Crippen molar-refractivity contribution in [1.29, 1.82) is 0 Å². The van der Waals surface area contributed by atoms with E-state index >= 15 is 0 Å². The van der Waals surface area contributed by atoms with E-state index in [0.29, 0.717) is 17.9 Å². The zero-order valence-electron chi connectivity index (χ0n) is 16.7. The van der Waals surface area contributed by atoms with E-state index in [0.717, 1.165) is 28.4 Å². The summed E-state index contributed by atoms with van der Waals surface area (Å²) in [5.74, 6) is -0.872. The van der Waals surface area contributed by atoms with Crippen LogP contribution in [-0.2, 0) is 0 Å². The highest BCUT2D eigenvalue weighted by Crippen LogP contribution is 2.33. The van der Waals surface area contributed by atoms with Gasteiger partial charge in [0.2, 0.25) is 0 Å². The minimum absolute atomic E-state index is 0.0968. The maximum Gasteiger partial charge on any atom is 0.339 e. The van der Waals surface area contributed by atoms with Crippen LogP contribution in [0.2, 0.25) is 0 Å². The lowest BCUT2D eigenvalue weighted by Gasteiger charge is -2.14. The first-order valence-electron chi connectivity index (χ1n) is 9.28. The Balaban J connectivity index is 2.05. The molecule has 6 nitrogen and oxygen atoms in total. The Morgan fingerprint density at radius 3 is 2.41 bits per heavy atom. The van der Waals surface area contributed by atoms with Crippen molar-refractivity contribution in [2.24, 2.45) is 0 Å². The van der Waals surface area contributed by atoms with Crippen molar-refractivity contribution in [3.05, 3.63) is 65.7 Å². The number of fused-ring (bicyclic) bond motifs is 1. The van der Waals surface area contributed by atoms with Gasteiger partial charge in [-0.2, -0.15) is 0 Å². The van der Waals surface area contributed by atoms with Crippen molar-refractivity contribution in [3.63, 3.8) is 0 Å². The molecule has 0 unspecified atom stereocenters. The van der Waals surface area contributed by atoms with Crippen molar-refractivity contribution in [2.75, 3.05) is 34.3 Å². The average Bonchev–Trinajstić information content (AvgIpc) is 2.72. The van der Waals surface area contributed by atoms with Crippen LogP contribution in [0.25, 0.3) is 21.9 Å². The van der Waals surface area contributed by atoms with Gasteiger partial charge in [-0.05, 0) is 54.2 Å². The van der Waals surface area contributed by atoms with Crippen LogP contribution < -0.4 is 10.1 Å². The van der Waals surface area contributed by atoms with Crippen molar-refractivity contribution < 1.29 is 19.4 Å². The summed E-state index contributed by atoms with van der Waals surface area (Å²) in [4.78, 5) is 26.3. The Bertz CT molecular complexity index is 1060. The Labute approximate surface area is 169 Å². The number of ether oxygens (including phenoxy) is 1. The molecule has 0 aromatic heterocycles. The van der Waals surface area contributed by atoms with Gasteiger partial charge in [0, 0.05) is 18.7 Å². The summed E-state index contributed by atoms with van der Waals surface area (Å²) in [7, 11) is 5.35. The van der Waals surface area contributed by atoms with Crippen LogP contribution in [0.3, 0.4) is 0 Å². The van der Waals surface area contributed by atoms with Crippen LogP contribution >= 0.6 is 0 Å². The number of carboxylic acids is 1. The highest BCUT2D eigenvalue weighted by Gasteiger charge is 2.15. The molecule has 1 amide bonds. The molecule has 3 aromatic carbocycles. The van der Waals surface area contributed by atoms with Gasteiger partial charge in [-0.3, -0.25) is 4.79 Å². The maximum absolute atomic E-state index is 12.7. The lowest BCUT2D eigenvalue weighted by Crippen LogP contribution is -2.31. The molecule has 2 N–H and O–H groups in total. The average molecular weight is 392 g/mol. The third kappa shape index (κ3) is 4.38. The summed E-state index contributed by atoms with van der Waals surface area (Å²) in [5.41, 5.74) is 2.30. The predicted octanol–water partition coefficient (Wildman–Crippen LogP) is 3.51. The number of hydrogen-bond acceptors (Lipinski definition) is 4. The van der Waals surface area contributed by atoms with Crippen molar-refractivity contribution in [2.45, 2.75) is 0 Å². The van der Waals surface area contributed by atoms with E-state index in [-0.39, 0.29) is 11.5 Å². The molecular weight excluding hydrogens is 368 g/mol. The van der Waals surface area contributed by atoms with Crippen LogP contribution in [0, 0.1) is 0 Å². The predicted molar refractivity (Wildman–Crippen MR) is 114 cm³/mol. The molecule has 6 heteroatoms. The third-order valence-corrected chi connectivity index (χ3v) is 4.75. The van der Waals surface area contributed by atoms with E-state index < -0.39 is 5.97 Å². The first-order valence-corrected chi connectivity index (χ1v) is 9.28. The van der Waals surface area contributed by atoms with Crippen LogP contribution in [0.1, 0.15) is 20.7 Å². The summed E-state index contributed by atoms with van der Waals surface area (Å²) in [6, 6.07) is 16.3. The SMILES string of the molecule is COc1ccc(-c2cccc3c(C(=O)NCCN(C)C)cccc23)cc1C(=O)O. The van der Waals surface area contributed by atoms with Gasteiger partial charge in [0.1, 0.15) is 11.3 Å². The Morgan fingerprint density at radius 2 is 1.72 bits per heavy atom. The van der Waals surface area contributed by atoms with E-state index in [1.165, 1.54) is 7.11 Å². The zero-order valence-corrected chi connectivity index (χ0v) is 16.7. The second kappa shape index (κ2) is 8.75. The van der Waals surface area contributed by atoms with Gasteiger partial charge in [0.25, 0.3) is 5.91 Å². The fourth-order valence-corrected chi connectivity index (χ4v) is 3.29. The summed E-state index contributed by atoms with van der Waals surface area (Å²) < 4.78 is 5.15. The molecule has 150 valence electrons. The second-order valence-corrected chi connectivity index (χ2v) is 6.99. The number of amides is 1. The summed E-state index contributed by atoms with van der Waals surface area (Å²) in [5, 5.41) is 14.1. The van der Waals surface area contributed by atoms with E-state index in [1.54, 1.807) is 18.2 Å². The monoisotopic (exact) mass is 392 g/mol. The van der Waals surface area contributed by atoms with Gasteiger partial charge >= 0.3 is 5.97 Å². The highest BCUT2D eigenvalue weighted by atomic mass is 16.5. The van der Waals surface area contributed by atoms with E-state index in [9.17, 15) is 14.7 Å². The minimum Gasteiger partial charge on any atom is -0.496 e. The Morgan fingerprint density at radius 1 is 1.00 bits per heavy atom. The first-order chi connectivity index (χ1) is 13.9. The molecular formula is C23H24N2O4. The quantitative estimate of drug-likeness (QED) is 0.643.